The van der Waals surface area contributed by atoms with Crippen LogP contribution in [0.15, 0.2) is 30.6 Å². The van der Waals surface area contributed by atoms with E-state index >= 15 is 0 Å². The lowest BCUT2D eigenvalue weighted by Crippen LogP contribution is -2.26. The molecular formula is C13H15ClN4O. The molecular weight excluding hydrogens is 264 g/mol. The number of nitrogens with two attached hydrogens (primary N) is 1. The Bertz CT molecular complexity index is 588. The molecule has 6 heteroatoms. The molecule has 0 aliphatic carbocycles. The normalized spacial score (nSPS) is 10.5. The Balaban J connectivity index is 2.14. The lowest BCUT2D eigenvalue weighted by Gasteiger charge is -2.16. The SMILES string of the molecule is CN(Cc1cnn(C)c1)C(=O)c1cc(N)cc(Cl)c1. The van der Waals surface area contributed by atoms with Gasteiger partial charge in [0.05, 0.1) is 6.20 Å². The fourth-order valence-electron chi connectivity index (χ4n) is 1.86. The van der Waals surface area contributed by atoms with Crippen LogP contribution in [0, 0.1) is 0 Å². The molecule has 0 saturated carbocycles. The van der Waals surface area contributed by atoms with Crippen molar-refractivity contribution >= 4 is 23.2 Å². The predicted octanol–water partition coefficient (Wildman–Crippen LogP) is 1.93. The first-order chi connectivity index (χ1) is 8.95. The van der Waals surface area contributed by atoms with Gasteiger partial charge in [0, 0.05) is 48.7 Å². The van der Waals surface area contributed by atoms with Gasteiger partial charge in [-0.3, -0.25) is 9.48 Å². The van der Waals surface area contributed by atoms with Crippen LogP contribution in [-0.2, 0) is 13.6 Å². The van der Waals surface area contributed by atoms with Crippen molar-refractivity contribution in [2.45, 2.75) is 6.54 Å². The second kappa shape index (κ2) is 5.32. The smallest absolute Gasteiger partial charge is 0.254 e. The number of carbonyl (C=O) groups is 1. The van der Waals surface area contributed by atoms with E-state index in [0.29, 0.717) is 22.8 Å². The molecule has 0 atom stereocenters. The van der Waals surface area contributed by atoms with Crippen molar-refractivity contribution in [3.05, 3.63) is 46.7 Å². The Morgan fingerprint density at radius 2 is 2.21 bits per heavy atom. The van der Waals surface area contributed by atoms with E-state index < -0.39 is 0 Å². The molecule has 0 unspecified atom stereocenters. The summed E-state index contributed by atoms with van der Waals surface area (Å²) in [6.45, 7) is 0.485. The molecule has 19 heavy (non-hydrogen) atoms. The van der Waals surface area contributed by atoms with Crippen LogP contribution in [0.1, 0.15) is 15.9 Å². The molecule has 0 spiro atoms. The van der Waals surface area contributed by atoms with E-state index in [-0.39, 0.29) is 5.91 Å². The summed E-state index contributed by atoms with van der Waals surface area (Å²) in [5, 5.41) is 4.52. The molecule has 0 bridgehead atoms. The van der Waals surface area contributed by atoms with Crippen molar-refractivity contribution in [3.63, 3.8) is 0 Å². The van der Waals surface area contributed by atoms with Gasteiger partial charge in [-0.15, -0.1) is 0 Å². The maximum atomic E-state index is 12.2. The highest BCUT2D eigenvalue weighted by Crippen LogP contribution is 2.18. The number of hydrogen-bond acceptors (Lipinski definition) is 3. The number of anilines is 1. The maximum Gasteiger partial charge on any atom is 0.254 e. The summed E-state index contributed by atoms with van der Waals surface area (Å²) in [5.41, 5.74) is 7.61. The summed E-state index contributed by atoms with van der Waals surface area (Å²) < 4.78 is 1.70. The first-order valence-corrected chi connectivity index (χ1v) is 6.12. The molecule has 1 aromatic heterocycles. The standard InChI is InChI=1S/C13H15ClN4O/c1-17(7-9-6-16-18(2)8-9)13(19)10-3-11(14)5-12(15)4-10/h3-6,8H,7,15H2,1-2H3. The average molecular weight is 279 g/mol. The number of carbonyl (C=O) groups excluding carboxylic acids is 1. The van der Waals surface area contributed by atoms with Gasteiger partial charge in [0.15, 0.2) is 0 Å². The fraction of sp³-hybridized carbons (Fsp3) is 0.231. The Labute approximate surface area is 116 Å². The predicted molar refractivity (Wildman–Crippen MR) is 74.9 cm³/mol. The number of amides is 1. The monoisotopic (exact) mass is 278 g/mol. The van der Waals surface area contributed by atoms with Crippen LogP contribution in [-0.4, -0.2) is 27.6 Å². The third-order valence-corrected chi connectivity index (χ3v) is 2.91. The molecule has 0 aliphatic rings. The van der Waals surface area contributed by atoms with Crippen molar-refractivity contribution in [1.29, 1.82) is 0 Å². The molecule has 2 N–H and O–H groups in total. The van der Waals surface area contributed by atoms with Gasteiger partial charge in [-0.1, -0.05) is 11.6 Å². The van der Waals surface area contributed by atoms with E-state index in [0.717, 1.165) is 5.56 Å². The third-order valence-electron chi connectivity index (χ3n) is 2.69. The molecule has 0 saturated heterocycles. The van der Waals surface area contributed by atoms with Crippen molar-refractivity contribution in [3.8, 4) is 0 Å². The van der Waals surface area contributed by atoms with Crippen LogP contribution in [0.25, 0.3) is 0 Å². The number of rotatable bonds is 3. The molecule has 1 aromatic carbocycles. The van der Waals surface area contributed by atoms with Gasteiger partial charge in [-0.05, 0) is 18.2 Å². The molecule has 2 aromatic rings. The molecule has 5 nitrogen and oxygen atoms in total. The number of aromatic nitrogens is 2. The number of aryl methyl sites for hydroxylation is 1. The highest BCUT2D eigenvalue weighted by Gasteiger charge is 2.13. The topological polar surface area (TPSA) is 64.2 Å². The van der Waals surface area contributed by atoms with E-state index in [4.69, 9.17) is 17.3 Å². The number of nitrogen functional groups attached to an aromatic ring is 1. The first-order valence-electron chi connectivity index (χ1n) is 5.75. The summed E-state index contributed by atoms with van der Waals surface area (Å²) in [6.07, 6.45) is 3.60. The molecule has 1 heterocycles. The zero-order valence-corrected chi connectivity index (χ0v) is 11.6. The number of halogens is 1. The van der Waals surface area contributed by atoms with Crippen molar-refractivity contribution in [2.24, 2.45) is 7.05 Å². The Morgan fingerprint density at radius 3 is 2.79 bits per heavy atom. The van der Waals surface area contributed by atoms with Gasteiger partial charge in [0.25, 0.3) is 5.91 Å². The first kappa shape index (κ1) is 13.4. The van der Waals surface area contributed by atoms with Crippen LogP contribution in [0.3, 0.4) is 0 Å². The van der Waals surface area contributed by atoms with Crippen molar-refractivity contribution in [2.75, 3.05) is 12.8 Å². The third kappa shape index (κ3) is 3.26. The van der Waals surface area contributed by atoms with Crippen molar-refractivity contribution < 1.29 is 4.79 Å². The zero-order valence-electron chi connectivity index (χ0n) is 10.8. The van der Waals surface area contributed by atoms with Gasteiger partial charge < -0.3 is 10.6 Å². The highest BCUT2D eigenvalue weighted by molar-refractivity contribution is 6.31. The summed E-state index contributed by atoms with van der Waals surface area (Å²) >= 11 is 5.90. The minimum atomic E-state index is -0.127. The Morgan fingerprint density at radius 1 is 1.47 bits per heavy atom. The average Bonchev–Trinajstić information content (AvgIpc) is 2.72. The van der Waals surface area contributed by atoms with Crippen LogP contribution in [0.5, 0.6) is 0 Å². The van der Waals surface area contributed by atoms with Crippen molar-refractivity contribution in [1.82, 2.24) is 14.7 Å². The van der Waals surface area contributed by atoms with E-state index in [1.54, 1.807) is 41.0 Å². The summed E-state index contributed by atoms with van der Waals surface area (Å²) in [7, 11) is 3.56. The van der Waals surface area contributed by atoms with Gasteiger partial charge in [-0.2, -0.15) is 5.10 Å². The minimum Gasteiger partial charge on any atom is -0.399 e. The van der Waals surface area contributed by atoms with Gasteiger partial charge >= 0.3 is 0 Å². The number of benzene rings is 1. The van der Waals surface area contributed by atoms with E-state index in [9.17, 15) is 4.79 Å². The van der Waals surface area contributed by atoms with E-state index in [1.807, 2.05) is 13.2 Å². The molecule has 0 fully saturated rings. The molecule has 0 radical (unpaired) electrons. The fourth-order valence-corrected chi connectivity index (χ4v) is 2.10. The van der Waals surface area contributed by atoms with Gasteiger partial charge in [0.2, 0.25) is 0 Å². The van der Waals surface area contributed by atoms with Crippen LogP contribution in [0.4, 0.5) is 5.69 Å². The summed E-state index contributed by atoms with van der Waals surface area (Å²) in [5.74, 6) is -0.127. The minimum absolute atomic E-state index is 0.127. The Hall–Kier alpha value is -2.01. The molecule has 2 rings (SSSR count). The van der Waals surface area contributed by atoms with E-state index in [2.05, 4.69) is 5.10 Å². The Kier molecular flexibility index (Phi) is 3.76. The molecule has 0 aliphatic heterocycles. The summed E-state index contributed by atoms with van der Waals surface area (Å²) in [4.78, 5) is 13.8. The lowest BCUT2D eigenvalue weighted by molar-refractivity contribution is 0.0785. The van der Waals surface area contributed by atoms with Gasteiger partial charge in [0.1, 0.15) is 0 Å². The number of nitrogens with zero attached hydrogens (tertiary/aromatic N) is 3. The summed E-state index contributed by atoms with van der Waals surface area (Å²) in [6, 6.07) is 4.84. The second-order valence-electron chi connectivity index (χ2n) is 4.46. The van der Waals surface area contributed by atoms with Crippen LogP contribution >= 0.6 is 11.6 Å². The molecule has 100 valence electrons. The molecule has 1 amide bonds. The van der Waals surface area contributed by atoms with Gasteiger partial charge in [-0.25, -0.2) is 0 Å². The quantitative estimate of drug-likeness (QED) is 0.873. The lowest BCUT2D eigenvalue weighted by atomic mass is 10.1. The zero-order chi connectivity index (χ0) is 14.0. The second-order valence-corrected chi connectivity index (χ2v) is 4.89. The maximum absolute atomic E-state index is 12.2. The van der Waals surface area contributed by atoms with Crippen LogP contribution in [0.2, 0.25) is 5.02 Å². The highest BCUT2D eigenvalue weighted by atomic mass is 35.5. The number of hydrogen-bond donors (Lipinski definition) is 1. The van der Waals surface area contributed by atoms with E-state index in [1.165, 1.54) is 0 Å². The van der Waals surface area contributed by atoms with Crippen LogP contribution < -0.4 is 5.73 Å². The largest absolute Gasteiger partial charge is 0.399 e.